The summed E-state index contributed by atoms with van der Waals surface area (Å²) in [4.78, 5) is 12.3. The van der Waals surface area contributed by atoms with Gasteiger partial charge in [-0.3, -0.25) is 9.52 Å². The van der Waals surface area contributed by atoms with Gasteiger partial charge < -0.3 is 10.1 Å². The molecule has 1 amide bonds. The number of nitrogens with one attached hydrogen (secondary N) is 2. The summed E-state index contributed by atoms with van der Waals surface area (Å²) in [5.74, 6) is 0.618. The molecule has 0 saturated heterocycles. The first kappa shape index (κ1) is 21.7. The Morgan fingerprint density at radius 1 is 1.07 bits per heavy atom. The van der Waals surface area contributed by atoms with E-state index >= 15 is 0 Å². The molecule has 0 radical (unpaired) electrons. The van der Waals surface area contributed by atoms with Crippen molar-refractivity contribution in [3.63, 3.8) is 0 Å². The van der Waals surface area contributed by atoms with Crippen LogP contribution in [0.1, 0.15) is 40.7 Å². The highest BCUT2D eigenvalue weighted by atomic mass is 32.2. The molecule has 0 aliphatic heterocycles. The van der Waals surface area contributed by atoms with Gasteiger partial charge in [0, 0.05) is 18.0 Å². The molecular weight excluding hydrogens is 424 g/mol. The number of carbonyl (C=O) groups is 1. The van der Waals surface area contributed by atoms with E-state index in [1.54, 1.807) is 43.5 Å². The Kier molecular flexibility index (Phi) is 6.68. The normalized spacial score (nSPS) is 11.3. The van der Waals surface area contributed by atoms with Crippen LogP contribution in [0.15, 0.2) is 53.4 Å². The van der Waals surface area contributed by atoms with E-state index in [1.807, 2.05) is 13.8 Å². The summed E-state index contributed by atoms with van der Waals surface area (Å²) >= 11 is 1.21. The third-order valence-corrected chi connectivity index (χ3v) is 6.82. The van der Waals surface area contributed by atoms with Gasteiger partial charge in [-0.25, -0.2) is 8.42 Å². The summed E-state index contributed by atoms with van der Waals surface area (Å²) in [6, 6.07) is 13.1. The van der Waals surface area contributed by atoms with Crippen LogP contribution in [0.3, 0.4) is 0 Å². The number of aromatic nitrogens is 2. The van der Waals surface area contributed by atoms with E-state index in [1.165, 1.54) is 23.5 Å². The van der Waals surface area contributed by atoms with Crippen molar-refractivity contribution in [2.45, 2.75) is 31.2 Å². The quantitative estimate of drug-likeness (QED) is 0.549. The zero-order chi connectivity index (χ0) is 21.7. The monoisotopic (exact) mass is 446 g/mol. The van der Waals surface area contributed by atoms with Crippen molar-refractivity contribution >= 4 is 32.4 Å². The topological polar surface area (TPSA) is 110 Å². The Hall–Kier alpha value is -2.98. The maximum absolute atomic E-state index is 12.5. The minimum atomic E-state index is -3.76. The summed E-state index contributed by atoms with van der Waals surface area (Å²) in [7, 11) is -2.20. The second kappa shape index (κ2) is 9.23. The van der Waals surface area contributed by atoms with Gasteiger partial charge in [-0.2, -0.15) is 0 Å². The van der Waals surface area contributed by atoms with Crippen molar-refractivity contribution < 1.29 is 17.9 Å². The average molecular weight is 447 g/mol. The summed E-state index contributed by atoms with van der Waals surface area (Å²) in [5.41, 5.74) is 1.28. The van der Waals surface area contributed by atoms with E-state index in [2.05, 4.69) is 20.2 Å². The predicted molar refractivity (Wildman–Crippen MR) is 115 cm³/mol. The molecule has 1 aromatic heterocycles. The van der Waals surface area contributed by atoms with Crippen LogP contribution in [0.2, 0.25) is 0 Å². The number of rotatable bonds is 8. The lowest BCUT2D eigenvalue weighted by molar-refractivity contribution is 0.0951. The number of carbonyl (C=O) groups excluding carboxylic acids is 1. The number of hydrogen-bond acceptors (Lipinski definition) is 7. The molecule has 0 unspecified atom stereocenters. The molecule has 0 fully saturated rings. The van der Waals surface area contributed by atoms with E-state index < -0.39 is 10.0 Å². The summed E-state index contributed by atoms with van der Waals surface area (Å²) in [6.45, 7) is 4.20. The lowest BCUT2D eigenvalue weighted by Gasteiger charge is -2.08. The highest BCUT2D eigenvalue weighted by Gasteiger charge is 2.17. The van der Waals surface area contributed by atoms with Crippen molar-refractivity contribution in [3.05, 3.63) is 64.7 Å². The number of ether oxygens (including phenoxy) is 1. The van der Waals surface area contributed by atoms with E-state index in [4.69, 9.17) is 4.74 Å². The summed E-state index contributed by atoms with van der Waals surface area (Å²) < 4.78 is 32.6. The van der Waals surface area contributed by atoms with Gasteiger partial charge in [0.25, 0.3) is 15.9 Å². The number of amides is 1. The summed E-state index contributed by atoms with van der Waals surface area (Å²) in [5, 5.41) is 11.6. The van der Waals surface area contributed by atoms with Crippen molar-refractivity contribution in [1.29, 1.82) is 0 Å². The highest BCUT2D eigenvalue weighted by molar-refractivity contribution is 7.93. The maximum atomic E-state index is 12.5. The molecule has 0 bridgehead atoms. The highest BCUT2D eigenvalue weighted by Crippen LogP contribution is 2.24. The first-order chi connectivity index (χ1) is 14.3. The minimum Gasteiger partial charge on any atom is -0.497 e. The minimum absolute atomic E-state index is 0.106. The fourth-order valence-corrected chi connectivity index (χ4v) is 4.47. The lowest BCUT2D eigenvalue weighted by Crippen LogP contribution is -2.22. The summed E-state index contributed by atoms with van der Waals surface area (Å²) in [6.07, 6.45) is 0. The molecule has 0 aliphatic rings. The third-order valence-electron chi connectivity index (χ3n) is 4.20. The SMILES string of the molecule is COc1ccc(C(=O)NCc2ccc(S(=O)(=O)Nc3nnc(C(C)C)s3)cc2)cc1. The third kappa shape index (κ3) is 5.33. The molecule has 2 N–H and O–H groups in total. The second-order valence-corrected chi connectivity index (χ2v) is 9.45. The van der Waals surface area contributed by atoms with Gasteiger partial charge in [0.1, 0.15) is 10.8 Å². The molecule has 10 heteroatoms. The molecule has 0 aliphatic carbocycles. The predicted octanol–water partition coefficient (Wildman–Crippen LogP) is 3.40. The van der Waals surface area contributed by atoms with E-state index in [-0.39, 0.29) is 28.4 Å². The molecule has 0 atom stereocenters. The lowest BCUT2D eigenvalue weighted by atomic mass is 10.2. The van der Waals surface area contributed by atoms with Crippen molar-refractivity contribution in [2.75, 3.05) is 11.8 Å². The van der Waals surface area contributed by atoms with E-state index in [9.17, 15) is 13.2 Å². The van der Waals surface area contributed by atoms with Gasteiger partial charge in [0.05, 0.1) is 12.0 Å². The maximum Gasteiger partial charge on any atom is 0.263 e. The number of sulfonamides is 1. The van der Waals surface area contributed by atoms with Crippen LogP contribution < -0.4 is 14.8 Å². The first-order valence-corrected chi connectivity index (χ1v) is 11.5. The molecule has 3 rings (SSSR count). The number of nitrogens with zero attached hydrogens (tertiary/aromatic N) is 2. The Labute approximate surface area is 179 Å². The van der Waals surface area contributed by atoms with Crippen LogP contribution in [0.4, 0.5) is 5.13 Å². The van der Waals surface area contributed by atoms with Crippen LogP contribution in [0.25, 0.3) is 0 Å². The number of methoxy groups -OCH3 is 1. The van der Waals surface area contributed by atoms with Gasteiger partial charge in [-0.15, -0.1) is 10.2 Å². The van der Waals surface area contributed by atoms with Gasteiger partial charge >= 0.3 is 0 Å². The first-order valence-electron chi connectivity index (χ1n) is 9.16. The molecule has 0 spiro atoms. The molecular formula is C20H22N4O4S2. The van der Waals surface area contributed by atoms with Crippen LogP contribution >= 0.6 is 11.3 Å². The van der Waals surface area contributed by atoms with E-state index in [0.717, 1.165) is 10.6 Å². The van der Waals surface area contributed by atoms with Crippen LogP contribution in [-0.4, -0.2) is 31.6 Å². The van der Waals surface area contributed by atoms with Crippen molar-refractivity contribution in [3.8, 4) is 5.75 Å². The van der Waals surface area contributed by atoms with Crippen molar-refractivity contribution in [2.24, 2.45) is 0 Å². The van der Waals surface area contributed by atoms with Crippen molar-refractivity contribution in [1.82, 2.24) is 15.5 Å². The van der Waals surface area contributed by atoms with Gasteiger partial charge in [-0.05, 0) is 42.0 Å². The van der Waals surface area contributed by atoms with Crippen LogP contribution in [0, 0.1) is 0 Å². The van der Waals surface area contributed by atoms with E-state index in [0.29, 0.717) is 11.3 Å². The Morgan fingerprint density at radius 3 is 2.30 bits per heavy atom. The number of benzene rings is 2. The van der Waals surface area contributed by atoms with Gasteiger partial charge in [0.15, 0.2) is 0 Å². The van der Waals surface area contributed by atoms with Gasteiger partial charge in [0.2, 0.25) is 5.13 Å². The molecule has 8 nitrogen and oxygen atoms in total. The Morgan fingerprint density at radius 2 is 1.73 bits per heavy atom. The zero-order valence-corrected chi connectivity index (χ0v) is 18.4. The molecule has 2 aromatic carbocycles. The standard InChI is InChI=1S/C20H22N4O4S2/c1-13(2)19-22-23-20(29-19)24-30(26,27)17-10-4-14(5-11-17)12-21-18(25)15-6-8-16(28-3)9-7-15/h4-11,13H,12H2,1-3H3,(H,21,25)(H,23,24). The second-order valence-electron chi connectivity index (χ2n) is 6.76. The number of anilines is 1. The Balaban J connectivity index is 1.61. The fourth-order valence-electron chi connectivity index (χ4n) is 2.50. The largest absolute Gasteiger partial charge is 0.497 e. The van der Waals surface area contributed by atoms with Gasteiger partial charge in [-0.1, -0.05) is 37.3 Å². The smallest absolute Gasteiger partial charge is 0.263 e. The zero-order valence-electron chi connectivity index (χ0n) is 16.7. The molecule has 30 heavy (non-hydrogen) atoms. The molecule has 3 aromatic rings. The van der Waals surface area contributed by atoms with Crippen LogP contribution in [0.5, 0.6) is 5.75 Å². The molecule has 0 saturated carbocycles. The van der Waals surface area contributed by atoms with Crippen LogP contribution in [-0.2, 0) is 16.6 Å². The molecule has 158 valence electrons. The molecule has 1 heterocycles. The average Bonchev–Trinajstić information content (AvgIpc) is 3.20. The number of hydrogen-bond donors (Lipinski definition) is 2. The Bertz CT molecular complexity index is 1110. The fraction of sp³-hybridized carbons (Fsp3) is 0.250.